The number of aliphatic hydroxyl groups excluding tert-OH is 1. The monoisotopic (exact) mass is 469 g/mol. The molecular formula is C30H31NO4. The van der Waals surface area contributed by atoms with Crippen LogP contribution in [-0.4, -0.2) is 45.7 Å². The average molecular weight is 470 g/mol. The van der Waals surface area contributed by atoms with Crippen LogP contribution in [0.2, 0.25) is 0 Å². The fourth-order valence-corrected chi connectivity index (χ4v) is 4.58. The molecule has 5 heteroatoms. The molecule has 0 spiro atoms. The molecule has 0 aliphatic carbocycles. The Hall–Kier alpha value is -3.70. The molecule has 2 atom stereocenters. The largest absolute Gasteiger partial charge is 0.478 e. The Balaban J connectivity index is 1.35. The van der Waals surface area contributed by atoms with Crippen molar-refractivity contribution in [2.75, 3.05) is 6.54 Å². The molecule has 5 nitrogen and oxygen atoms in total. The van der Waals surface area contributed by atoms with Gasteiger partial charge in [0.05, 0.1) is 17.7 Å². The smallest absolute Gasteiger partial charge is 0.335 e. The van der Waals surface area contributed by atoms with Gasteiger partial charge in [-0.2, -0.15) is 0 Å². The summed E-state index contributed by atoms with van der Waals surface area (Å²) in [6.45, 7) is 2.64. The summed E-state index contributed by atoms with van der Waals surface area (Å²) < 4.78 is 0. The van der Waals surface area contributed by atoms with Crippen LogP contribution >= 0.6 is 0 Å². The van der Waals surface area contributed by atoms with Crippen LogP contribution in [0.3, 0.4) is 0 Å². The van der Waals surface area contributed by atoms with E-state index in [4.69, 9.17) is 5.11 Å². The van der Waals surface area contributed by atoms with Crippen molar-refractivity contribution in [3.8, 4) is 11.1 Å². The van der Waals surface area contributed by atoms with Gasteiger partial charge in [-0.15, -0.1) is 0 Å². The quantitative estimate of drug-likeness (QED) is 0.430. The van der Waals surface area contributed by atoms with Gasteiger partial charge in [0.1, 0.15) is 0 Å². The number of nitrogens with zero attached hydrogens (tertiary/aromatic N) is 1. The standard InChI is InChI=1S/C30H31NO4/c1-21-4-2-6-25(18-21)26-7-3-5-23(19-26)20-28(32)14-12-27-13-15-29(33)31(27)17-16-22-8-10-24(11-9-22)30(34)35/h2-12,14,18-19,27-28,32H,13,15-17,20H2,1H3,(H,34,35)/t27-,28+/m0/s1. The normalized spacial score (nSPS) is 16.7. The molecule has 35 heavy (non-hydrogen) atoms. The number of carbonyl (C=O) groups is 2. The second-order valence-corrected chi connectivity index (χ2v) is 9.17. The lowest BCUT2D eigenvalue weighted by molar-refractivity contribution is -0.128. The van der Waals surface area contributed by atoms with Gasteiger partial charge in [0.25, 0.3) is 0 Å². The number of likely N-dealkylation sites (tertiary alicyclic amines) is 1. The van der Waals surface area contributed by atoms with Crippen molar-refractivity contribution in [2.45, 2.75) is 44.8 Å². The average Bonchev–Trinajstić information content (AvgIpc) is 3.21. The third-order valence-corrected chi connectivity index (χ3v) is 6.50. The van der Waals surface area contributed by atoms with Crippen molar-refractivity contribution in [3.05, 3.63) is 107 Å². The van der Waals surface area contributed by atoms with Gasteiger partial charge in [0, 0.05) is 19.4 Å². The summed E-state index contributed by atoms with van der Waals surface area (Å²) in [6, 6.07) is 23.3. The number of carboxylic acids is 1. The molecule has 0 aromatic heterocycles. The number of hydrogen-bond acceptors (Lipinski definition) is 3. The van der Waals surface area contributed by atoms with Crippen molar-refractivity contribution < 1.29 is 19.8 Å². The van der Waals surface area contributed by atoms with Crippen LogP contribution in [0.5, 0.6) is 0 Å². The number of carbonyl (C=O) groups excluding carboxylic acids is 1. The lowest BCUT2D eigenvalue weighted by atomic mass is 9.99. The Labute approximate surface area is 206 Å². The Morgan fingerprint density at radius 2 is 1.74 bits per heavy atom. The van der Waals surface area contributed by atoms with Crippen LogP contribution in [0.15, 0.2) is 84.9 Å². The molecule has 1 aliphatic heterocycles. The maximum absolute atomic E-state index is 12.4. The van der Waals surface area contributed by atoms with Gasteiger partial charge in [0.2, 0.25) is 5.91 Å². The number of carboxylic acid groups (broad SMARTS) is 1. The Kier molecular flexibility index (Phi) is 7.78. The molecule has 3 aromatic rings. The topological polar surface area (TPSA) is 77.8 Å². The van der Waals surface area contributed by atoms with Crippen molar-refractivity contribution in [2.24, 2.45) is 0 Å². The number of aromatic carboxylic acids is 1. The Bertz CT molecular complexity index is 1220. The molecule has 3 aromatic carbocycles. The maximum Gasteiger partial charge on any atom is 0.335 e. The van der Waals surface area contributed by atoms with E-state index < -0.39 is 12.1 Å². The highest BCUT2D eigenvalue weighted by molar-refractivity contribution is 5.87. The van der Waals surface area contributed by atoms with Crippen LogP contribution in [-0.2, 0) is 17.6 Å². The zero-order valence-corrected chi connectivity index (χ0v) is 19.9. The highest BCUT2D eigenvalue weighted by atomic mass is 16.4. The minimum absolute atomic E-state index is 0.0333. The van der Waals surface area contributed by atoms with E-state index in [0.717, 1.165) is 28.7 Å². The molecule has 0 unspecified atom stereocenters. The van der Waals surface area contributed by atoms with Crippen LogP contribution in [0.1, 0.15) is 39.9 Å². The first-order chi connectivity index (χ1) is 16.9. The zero-order valence-electron chi connectivity index (χ0n) is 19.9. The summed E-state index contributed by atoms with van der Waals surface area (Å²) in [5.41, 5.74) is 5.81. The van der Waals surface area contributed by atoms with Crippen molar-refractivity contribution in [1.29, 1.82) is 0 Å². The summed E-state index contributed by atoms with van der Waals surface area (Å²) in [6.07, 6.45) is 5.52. The van der Waals surface area contributed by atoms with Crippen molar-refractivity contribution >= 4 is 11.9 Å². The number of aryl methyl sites for hydroxylation is 1. The molecule has 1 saturated heterocycles. The minimum atomic E-state index is -0.947. The molecule has 0 radical (unpaired) electrons. The summed E-state index contributed by atoms with van der Waals surface area (Å²) >= 11 is 0. The van der Waals surface area contributed by atoms with E-state index in [1.54, 1.807) is 30.3 Å². The molecule has 1 heterocycles. The summed E-state index contributed by atoms with van der Waals surface area (Å²) in [5.74, 6) is -0.834. The highest BCUT2D eigenvalue weighted by Crippen LogP contribution is 2.23. The molecule has 180 valence electrons. The molecule has 1 fully saturated rings. The van der Waals surface area contributed by atoms with Crippen molar-refractivity contribution in [3.63, 3.8) is 0 Å². The van der Waals surface area contributed by atoms with Gasteiger partial charge >= 0.3 is 5.97 Å². The van der Waals surface area contributed by atoms with Gasteiger partial charge in [0.15, 0.2) is 0 Å². The molecule has 0 saturated carbocycles. The van der Waals surface area contributed by atoms with Gasteiger partial charge in [-0.3, -0.25) is 4.79 Å². The molecule has 1 aliphatic rings. The maximum atomic E-state index is 12.4. The van der Waals surface area contributed by atoms with Crippen LogP contribution < -0.4 is 0 Å². The van der Waals surface area contributed by atoms with Gasteiger partial charge in [-0.05, 0) is 54.2 Å². The molecule has 2 N–H and O–H groups in total. The van der Waals surface area contributed by atoms with E-state index >= 15 is 0 Å². The number of amides is 1. The number of aliphatic hydroxyl groups is 1. The third-order valence-electron chi connectivity index (χ3n) is 6.50. The van der Waals surface area contributed by atoms with E-state index in [1.165, 1.54) is 5.56 Å². The second kappa shape index (κ2) is 11.2. The molecular weight excluding hydrogens is 438 g/mol. The molecule has 1 amide bonds. The van der Waals surface area contributed by atoms with E-state index in [0.29, 0.717) is 25.8 Å². The van der Waals surface area contributed by atoms with E-state index in [2.05, 4.69) is 43.3 Å². The lowest BCUT2D eigenvalue weighted by Gasteiger charge is -2.23. The summed E-state index contributed by atoms with van der Waals surface area (Å²) in [5, 5.41) is 19.7. The fourth-order valence-electron chi connectivity index (χ4n) is 4.58. The summed E-state index contributed by atoms with van der Waals surface area (Å²) in [4.78, 5) is 25.3. The number of hydrogen-bond donors (Lipinski definition) is 2. The van der Waals surface area contributed by atoms with Crippen molar-refractivity contribution in [1.82, 2.24) is 4.90 Å². The Morgan fingerprint density at radius 1 is 1.03 bits per heavy atom. The highest BCUT2D eigenvalue weighted by Gasteiger charge is 2.28. The van der Waals surface area contributed by atoms with Gasteiger partial charge in [-0.1, -0.05) is 78.4 Å². The van der Waals surface area contributed by atoms with E-state index in [-0.39, 0.29) is 17.5 Å². The first kappa shape index (κ1) is 24.4. The Morgan fingerprint density at radius 3 is 2.46 bits per heavy atom. The molecule has 0 bridgehead atoms. The minimum Gasteiger partial charge on any atom is -0.478 e. The van der Waals surface area contributed by atoms with Gasteiger partial charge in [-0.25, -0.2) is 4.79 Å². The zero-order chi connectivity index (χ0) is 24.8. The van der Waals surface area contributed by atoms with E-state index in [9.17, 15) is 14.7 Å². The predicted molar refractivity (Wildman–Crippen MR) is 137 cm³/mol. The number of rotatable bonds is 9. The van der Waals surface area contributed by atoms with Crippen LogP contribution in [0.4, 0.5) is 0 Å². The van der Waals surface area contributed by atoms with Crippen LogP contribution in [0.25, 0.3) is 11.1 Å². The van der Waals surface area contributed by atoms with E-state index in [1.807, 2.05) is 23.1 Å². The van der Waals surface area contributed by atoms with Gasteiger partial charge < -0.3 is 15.1 Å². The molecule has 4 rings (SSSR count). The first-order valence-corrected chi connectivity index (χ1v) is 12.0. The first-order valence-electron chi connectivity index (χ1n) is 12.0. The third kappa shape index (κ3) is 6.46. The lowest BCUT2D eigenvalue weighted by Crippen LogP contribution is -2.33. The fraction of sp³-hybridized carbons (Fsp3) is 0.267. The number of benzene rings is 3. The van der Waals surface area contributed by atoms with Crippen LogP contribution in [0, 0.1) is 6.92 Å². The predicted octanol–water partition coefficient (Wildman–Crippen LogP) is 5.05. The second-order valence-electron chi connectivity index (χ2n) is 9.17. The SMILES string of the molecule is Cc1cccc(-c2cccc(C[C@H](O)C=C[C@H]3CCC(=O)N3CCc3ccc(C(=O)O)cc3)c2)c1. The summed E-state index contributed by atoms with van der Waals surface area (Å²) in [7, 11) is 0.